The molecule has 0 aliphatic carbocycles. The van der Waals surface area contributed by atoms with Gasteiger partial charge >= 0.3 is 0 Å². The van der Waals surface area contributed by atoms with Crippen LogP contribution in [0.2, 0.25) is 0 Å². The Morgan fingerprint density at radius 2 is 2.05 bits per heavy atom. The van der Waals surface area contributed by atoms with Crippen LogP contribution in [0.4, 0.5) is 5.69 Å². The maximum absolute atomic E-state index is 5.30. The molecule has 6 heteroatoms. The molecule has 0 unspecified atom stereocenters. The third-order valence-corrected chi connectivity index (χ3v) is 4.29. The number of anilines is 1. The molecule has 4 nitrogen and oxygen atoms in total. The third-order valence-electron chi connectivity index (χ3n) is 3.17. The predicted molar refractivity (Wildman–Crippen MR) is 96.3 cm³/mol. The minimum atomic E-state index is 0.628. The van der Waals surface area contributed by atoms with Crippen LogP contribution in [0.5, 0.6) is 0 Å². The van der Waals surface area contributed by atoms with Crippen LogP contribution in [0, 0.1) is 0 Å². The number of H-pyrrole nitrogens is 1. The summed E-state index contributed by atoms with van der Waals surface area (Å²) in [6, 6.07) is 14.0. The Hall–Kier alpha value is -2.18. The molecule has 22 heavy (non-hydrogen) atoms. The zero-order valence-corrected chi connectivity index (χ0v) is 13.5. The van der Waals surface area contributed by atoms with Crippen LogP contribution in [-0.2, 0) is 6.42 Å². The fourth-order valence-corrected chi connectivity index (χ4v) is 3.10. The number of aromatic amines is 1. The number of thiophene rings is 1. The van der Waals surface area contributed by atoms with Crippen molar-refractivity contribution < 1.29 is 0 Å². The van der Waals surface area contributed by atoms with E-state index in [1.165, 1.54) is 4.88 Å². The van der Waals surface area contributed by atoms with Crippen LogP contribution in [0.15, 0.2) is 54.2 Å². The maximum atomic E-state index is 5.30. The summed E-state index contributed by atoms with van der Waals surface area (Å²) in [6.07, 6.45) is 2.58. The van der Waals surface area contributed by atoms with Crippen LogP contribution in [0.3, 0.4) is 0 Å². The first-order valence-corrected chi connectivity index (χ1v) is 8.28. The van der Waals surface area contributed by atoms with Gasteiger partial charge in [0.15, 0.2) is 5.11 Å². The number of aromatic nitrogens is 2. The van der Waals surface area contributed by atoms with Gasteiger partial charge in [-0.15, -0.1) is 11.3 Å². The van der Waals surface area contributed by atoms with E-state index in [-0.39, 0.29) is 0 Å². The average molecular weight is 328 g/mol. The van der Waals surface area contributed by atoms with E-state index in [0.29, 0.717) is 5.11 Å². The van der Waals surface area contributed by atoms with E-state index in [4.69, 9.17) is 12.2 Å². The number of rotatable bonds is 5. The van der Waals surface area contributed by atoms with Gasteiger partial charge in [-0.1, -0.05) is 24.3 Å². The summed E-state index contributed by atoms with van der Waals surface area (Å²) in [6.45, 7) is 0.749. The molecule has 0 aliphatic rings. The van der Waals surface area contributed by atoms with Gasteiger partial charge in [0.2, 0.25) is 0 Å². The van der Waals surface area contributed by atoms with Crippen molar-refractivity contribution in [2.45, 2.75) is 6.42 Å². The highest BCUT2D eigenvalue weighted by Gasteiger charge is 2.08. The Bertz CT molecular complexity index is 720. The van der Waals surface area contributed by atoms with E-state index >= 15 is 0 Å². The highest BCUT2D eigenvalue weighted by Crippen LogP contribution is 2.25. The number of benzene rings is 1. The Morgan fingerprint density at radius 1 is 1.18 bits per heavy atom. The van der Waals surface area contributed by atoms with Crippen molar-refractivity contribution in [3.63, 3.8) is 0 Å². The number of para-hydroxylation sites is 1. The standard InChI is InChI=1S/C16H16N4S2/c21-16(20-12-5-2-1-3-6-12)17-9-8-13-15(19-11-18-13)14-7-4-10-22-14/h1-7,10-11H,8-9H2,(H,18,19)(H2,17,20,21). The SMILES string of the molecule is S=C(NCCc1[nH]cnc1-c1cccs1)Nc1ccccc1. The van der Waals surface area contributed by atoms with Crippen molar-refractivity contribution in [3.05, 3.63) is 59.9 Å². The first-order chi connectivity index (χ1) is 10.8. The highest BCUT2D eigenvalue weighted by atomic mass is 32.1. The molecule has 0 bridgehead atoms. The smallest absolute Gasteiger partial charge is 0.170 e. The first-order valence-electron chi connectivity index (χ1n) is 6.99. The van der Waals surface area contributed by atoms with Crippen LogP contribution in [0.25, 0.3) is 10.6 Å². The normalized spacial score (nSPS) is 10.4. The molecule has 3 rings (SSSR count). The molecule has 2 aromatic heterocycles. The molecule has 112 valence electrons. The molecule has 0 spiro atoms. The zero-order valence-electron chi connectivity index (χ0n) is 11.9. The molecule has 0 aliphatic heterocycles. The van der Waals surface area contributed by atoms with Crippen molar-refractivity contribution in [2.24, 2.45) is 0 Å². The summed E-state index contributed by atoms with van der Waals surface area (Å²) >= 11 is 6.99. The first kappa shape index (κ1) is 14.7. The van der Waals surface area contributed by atoms with E-state index in [0.717, 1.165) is 30.0 Å². The van der Waals surface area contributed by atoms with E-state index < -0.39 is 0 Å². The van der Waals surface area contributed by atoms with Crippen LogP contribution in [-0.4, -0.2) is 21.6 Å². The highest BCUT2D eigenvalue weighted by molar-refractivity contribution is 7.80. The summed E-state index contributed by atoms with van der Waals surface area (Å²) in [7, 11) is 0. The second kappa shape index (κ2) is 7.20. The summed E-state index contributed by atoms with van der Waals surface area (Å²) in [5, 5.41) is 9.07. The van der Waals surface area contributed by atoms with Crippen molar-refractivity contribution in [2.75, 3.05) is 11.9 Å². The summed E-state index contributed by atoms with van der Waals surface area (Å²) in [5.41, 5.74) is 3.14. The molecular weight excluding hydrogens is 312 g/mol. The summed E-state index contributed by atoms with van der Waals surface area (Å²) in [5.74, 6) is 0. The van der Waals surface area contributed by atoms with E-state index in [1.807, 2.05) is 36.4 Å². The minimum absolute atomic E-state index is 0.628. The molecule has 3 N–H and O–H groups in total. The van der Waals surface area contributed by atoms with Crippen molar-refractivity contribution >= 4 is 34.4 Å². The molecule has 0 fully saturated rings. The number of imidazole rings is 1. The monoisotopic (exact) mass is 328 g/mol. The molecule has 0 radical (unpaired) electrons. The molecule has 0 saturated heterocycles. The molecular formula is C16H16N4S2. The lowest BCUT2D eigenvalue weighted by atomic mass is 10.2. The second-order valence-corrected chi connectivity index (χ2v) is 6.06. The molecule has 0 saturated carbocycles. The third kappa shape index (κ3) is 3.72. The van der Waals surface area contributed by atoms with Crippen molar-refractivity contribution in [1.29, 1.82) is 0 Å². The second-order valence-electron chi connectivity index (χ2n) is 4.70. The number of hydrogen-bond acceptors (Lipinski definition) is 3. The van der Waals surface area contributed by atoms with Gasteiger partial charge in [-0.2, -0.15) is 0 Å². The lowest BCUT2D eigenvalue weighted by molar-refractivity contribution is 0.855. The van der Waals surface area contributed by atoms with Crippen LogP contribution in [0.1, 0.15) is 5.69 Å². The Balaban J connectivity index is 1.52. The Kier molecular flexibility index (Phi) is 4.82. The number of hydrogen-bond donors (Lipinski definition) is 3. The maximum Gasteiger partial charge on any atom is 0.170 e. The van der Waals surface area contributed by atoms with Gasteiger partial charge in [0, 0.05) is 24.3 Å². The topological polar surface area (TPSA) is 52.7 Å². The number of nitrogens with one attached hydrogen (secondary N) is 3. The van der Waals surface area contributed by atoms with Gasteiger partial charge in [-0.25, -0.2) is 4.98 Å². The number of thiocarbonyl (C=S) groups is 1. The fourth-order valence-electron chi connectivity index (χ4n) is 2.14. The van der Waals surface area contributed by atoms with Crippen LogP contribution >= 0.6 is 23.6 Å². The van der Waals surface area contributed by atoms with Crippen LogP contribution < -0.4 is 10.6 Å². The minimum Gasteiger partial charge on any atom is -0.362 e. The average Bonchev–Trinajstić information content (AvgIpc) is 3.19. The lowest BCUT2D eigenvalue weighted by Crippen LogP contribution is -2.30. The fraction of sp³-hybridized carbons (Fsp3) is 0.125. The molecule has 2 heterocycles. The van der Waals surface area contributed by atoms with Crippen molar-refractivity contribution in [3.8, 4) is 10.6 Å². The van der Waals surface area contributed by atoms with E-state index in [9.17, 15) is 0 Å². The quantitative estimate of drug-likeness (QED) is 0.626. The summed E-state index contributed by atoms with van der Waals surface area (Å²) in [4.78, 5) is 8.79. The van der Waals surface area contributed by atoms with Gasteiger partial charge in [0.1, 0.15) is 5.69 Å². The van der Waals surface area contributed by atoms with Gasteiger partial charge in [0.25, 0.3) is 0 Å². The van der Waals surface area contributed by atoms with Gasteiger partial charge < -0.3 is 15.6 Å². The summed E-state index contributed by atoms with van der Waals surface area (Å²) < 4.78 is 0. The molecule has 1 aromatic carbocycles. The van der Waals surface area contributed by atoms with Gasteiger partial charge in [-0.3, -0.25) is 0 Å². The Morgan fingerprint density at radius 3 is 2.82 bits per heavy atom. The van der Waals surface area contributed by atoms with Crippen molar-refractivity contribution in [1.82, 2.24) is 15.3 Å². The largest absolute Gasteiger partial charge is 0.362 e. The molecule has 0 atom stereocenters. The lowest BCUT2D eigenvalue weighted by Gasteiger charge is -2.10. The zero-order chi connectivity index (χ0) is 15.2. The van der Waals surface area contributed by atoms with Gasteiger partial charge in [-0.05, 0) is 35.8 Å². The molecule has 0 amide bonds. The van der Waals surface area contributed by atoms with E-state index in [1.54, 1.807) is 17.7 Å². The predicted octanol–water partition coefficient (Wildman–Crippen LogP) is 3.67. The number of nitrogens with zero attached hydrogens (tertiary/aromatic N) is 1. The van der Waals surface area contributed by atoms with E-state index in [2.05, 4.69) is 32.0 Å². The van der Waals surface area contributed by atoms with Gasteiger partial charge in [0.05, 0.1) is 11.2 Å². The Labute approximate surface area is 138 Å². The molecule has 3 aromatic rings.